The molecule has 2 unspecified atom stereocenters. The predicted octanol–water partition coefficient (Wildman–Crippen LogP) is 6.00. The third kappa shape index (κ3) is 4.26. The van der Waals surface area contributed by atoms with E-state index >= 15 is 0 Å². The number of benzene rings is 2. The Labute approximate surface area is 170 Å². The molecular formula is C18H16BrCl3O3. The number of hydrogen-bond acceptors (Lipinski definition) is 3. The van der Waals surface area contributed by atoms with Crippen molar-refractivity contribution in [3.63, 3.8) is 0 Å². The van der Waals surface area contributed by atoms with E-state index < -0.39 is 5.79 Å². The summed E-state index contributed by atoms with van der Waals surface area (Å²) in [5.74, 6) is -0.182. The first-order valence-corrected chi connectivity index (χ1v) is 9.91. The summed E-state index contributed by atoms with van der Waals surface area (Å²) in [4.78, 5) is 0. The molecule has 0 saturated carbocycles. The van der Waals surface area contributed by atoms with E-state index in [1.54, 1.807) is 18.2 Å². The van der Waals surface area contributed by atoms with E-state index in [0.29, 0.717) is 33.6 Å². The van der Waals surface area contributed by atoms with Crippen molar-refractivity contribution in [1.82, 2.24) is 0 Å². The number of halogens is 4. The number of ether oxygens (including phenoxy) is 3. The fraction of sp³-hybridized carbons (Fsp3) is 0.333. The Kier molecular flexibility index (Phi) is 6.19. The monoisotopic (exact) mass is 464 g/mol. The minimum Gasteiger partial charge on any atom is -0.491 e. The van der Waals surface area contributed by atoms with Crippen LogP contribution in [0.15, 0.2) is 36.4 Å². The van der Waals surface area contributed by atoms with Gasteiger partial charge in [-0.3, -0.25) is 0 Å². The second kappa shape index (κ2) is 8.03. The van der Waals surface area contributed by atoms with Gasteiger partial charge in [-0.15, -0.1) is 0 Å². The van der Waals surface area contributed by atoms with Crippen molar-refractivity contribution in [2.45, 2.75) is 18.8 Å². The molecule has 2 aromatic rings. The minimum atomic E-state index is -0.954. The third-order valence-corrected chi connectivity index (χ3v) is 5.46. The predicted molar refractivity (Wildman–Crippen MR) is 104 cm³/mol. The van der Waals surface area contributed by atoms with Crippen molar-refractivity contribution in [1.29, 1.82) is 0 Å². The van der Waals surface area contributed by atoms with Gasteiger partial charge in [0.05, 0.1) is 17.0 Å². The molecule has 0 bridgehead atoms. The van der Waals surface area contributed by atoms with Crippen LogP contribution in [0.2, 0.25) is 15.1 Å². The van der Waals surface area contributed by atoms with Crippen molar-refractivity contribution in [3.8, 4) is 5.75 Å². The average Bonchev–Trinajstić information content (AvgIpc) is 2.98. The fourth-order valence-corrected chi connectivity index (χ4v) is 4.06. The molecule has 1 aliphatic heterocycles. The van der Waals surface area contributed by atoms with Crippen LogP contribution in [-0.2, 0) is 15.3 Å². The molecule has 1 heterocycles. The van der Waals surface area contributed by atoms with Gasteiger partial charge in [-0.1, -0.05) is 56.8 Å². The van der Waals surface area contributed by atoms with E-state index in [-0.39, 0.29) is 6.10 Å². The summed E-state index contributed by atoms with van der Waals surface area (Å²) in [6.45, 7) is 2.71. The quantitative estimate of drug-likeness (QED) is 0.506. The summed E-state index contributed by atoms with van der Waals surface area (Å²) in [5.41, 5.74) is 1.71. The van der Waals surface area contributed by atoms with Crippen LogP contribution in [0.1, 0.15) is 11.1 Å². The Morgan fingerprint density at radius 2 is 1.88 bits per heavy atom. The van der Waals surface area contributed by atoms with Gasteiger partial charge >= 0.3 is 0 Å². The van der Waals surface area contributed by atoms with Gasteiger partial charge < -0.3 is 14.2 Å². The van der Waals surface area contributed by atoms with Gasteiger partial charge in [0.1, 0.15) is 18.5 Å². The zero-order valence-electron chi connectivity index (χ0n) is 13.4. The van der Waals surface area contributed by atoms with E-state index in [4.69, 9.17) is 49.0 Å². The Bertz CT molecular complexity index is 771. The molecule has 0 spiro atoms. The molecule has 0 amide bonds. The minimum absolute atomic E-state index is 0.223. The highest BCUT2D eigenvalue weighted by atomic mass is 79.9. The number of aryl methyl sites for hydroxylation is 1. The number of alkyl halides is 1. The molecule has 0 radical (unpaired) electrons. The van der Waals surface area contributed by atoms with Crippen LogP contribution >= 0.6 is 50.7 Å². The first kappa shape index (κ1) is 19.3. The lowest BCUT2D eigenvalue weighted by Gasteiger charge is -2.27. The Balaban J connectivity index is 1.70. The normalized spacial score (nSPS) is 23.0. The van der Waals surface area contributed by atoms with E-state index in [1.165, 1.54) is 0 Å². The van der Waals surface area contributed by atoms with E-state index in [9.17, 15) is 0 Å². The van der Waals surface area contributed by atoms with Gasteiger partial charge in [0.15, 0.2) is 0 Å². The van der Waals surface area contributed by atoms with Crippen molar-refractivity contribution in [3.05, 3.63) is 62.6 Å². The largest absolute Gasteiger partial charge is 0.491 e. The first-order chi connectivity index (χ1) is 11.9. The van der Waals surface area contributed by atoms with Crippen LogP contribution in [0.4, 0.5) is 0 Å². The van der Waals surface area contributed by atoms with Crippen molar-refractivity contribution < 1.29 is 14.2 Å². The highest BCUT2D eigenvalue weighted by Gasteiger charge is 2.44. The molecule has 25 heavy (non-hydrogen) atoms. The standard InChI is InChI=1S/C18H16BrCl3O3/c1-11-6-12(20)3-5-17(11)23-8-14-9-24-18(10-19,25-14)15-4-2-13(21)7-16(15)22/h2-7,14H,8-10H2,1H3. The fourth-order valence-electron chi connectivity index (χ4n) is 2.69. The van der Waals surface area contributed by atoms with Crippen LogP contribution < -0.4 is 4.74 Å². The van der Waals surface area contributed by atoms with E-state index in [1.807, 2.05) is 25.1 Å². The lowest BCUT2D eigenvalue weighted by molar-refractivity contribution is -0.159. The maximum atomic E-state index is 6.33. The molecule has 1 aliphatic rings. The molecule has 2 aromatic carbocycles. The third-order valence-electron chi connectivity index (χ3n) is 3.94. The zero-order chi connectivity index (χ0) is 18.0. The van der Waals surface area contributed by atoms with Gasteiger partial charge in [-0.2, -0.15) is 0 Å². The maximum Gasteiger partial charge on any atom is 0.206 e. The smallest absolute Gasteiger partial charge is 0.206 e. The SMILES string of the molecule is Cc1cc(Cl)ccc1OCC1COC(CBr)(c2ccc(Cl)cc2Cl)O1. The summed E-state index contributed by atoms with van der Waals surface area (Å²) in [5, 5.41) is 2.19. The molecule has 1 fully saturated rings. The topological polar surface area (TPSA) is 27.7 Å². The Hall–Kier alpha value is -0.490. The van der Waals surface area contributed by atoms with E-state index in [0.717, 1.165) is 16.9 Å². The second-order valence-electron chi connectivity index (χ2n) is 5.78. The van der Waals surface area contributed by atoms with Crippen molar-refractivity contribution in [2.24, 2.45) is 0 Å². The van der Waals surface area contributed by atoms with Crippen LogP contribution in [-0.4, -0.2) is 24.6 Å². The van der Waals surface area contributed by atoms with Gasteiger partial charge in [0, 0.05) is 15.6 Å². The lowest BCUT2D eigenvalue weighted by atomic mass is 10.1. The number of rotatable bonds is 5. The first-order valence-electron chi connectivity index (χ1n) is 7.66. The second-order valence-corrected chi connectivity index (χ2v) is 7.62. The Morgan fingerprint density at radius 1 is 1.16 bits per heavy atom. The molecule has 2 atom stereocenters. The zero-order valence-corrected chi connectivity index (χ0v) is 17.3. The summed E-state index contributed by atoms with van der Waals surface area (Å²) in [7, 11) is 0. The summed E-state index contributed by atoms with van der Waals surface area (Å²) in [6, 6.07) is 10.8. The highest BCUT2D eigenvalue weighted by molar-refractivity contribution is 9.09. The van der Waals surface area contributed by atoms with Gasteiger partial charge in [0.25, 0.3) is 0 Å². The lowest BCUT2D eigenvalue weighted by Crippen LogP contribution is -2.31. The molecule has 3 nitrogen and oxygen atoms in total. The van der Waals surface area contributed by atoms with Crippen LogP contribution in [0.5, 0.6) is 5.75 Å². The highest BCUT2D eigenvalue weighted by Crippen LogP contribution is 2.40. The Morgan fingerprint density at radius 3 is 2.56 bits per heavy atom. The molecule has 0 aromatic heterocycles. The summed E-state index contributed by atoms with van der Waals surface area (Å²) in [6.07, 6.45) is -0.223. The molecule has 1 saturated heterocycles. The summed E-state index contributed by atoms with van der Waals surface area (Å²) >= 11 is 21.7. The van der Waals surface area contributed by atoms with Crippen molar-refractivity contribution in [2.75, 3.05) is 18.5 Å². The molecule has 7 heteroatoms. The van der Waals surface area contributed by atoms with E-state index in [2.05, 4.69) is 15.9 Å². The molecule has 0 N–H and O–H groups in total. The maximum absolute atomic E-state index is 6.33. The van der Waals surface area contributed by atoms with Crippen LogP contribution in [0.3, 0.4) is 0 Å². The summed E-state index contributed by atoms with van der Waals surface area (Å²) < 4.78 is 18.0. The van der Waals surface area contributed by atoms with Gasteiger partial charge in [-0.05, 0) is 42.8 Å². The molecule has 0 aliphatic carbocycles. The van der Waals surface area contributed by atoms with Crippen LogP contribution in [0, 0.1) is 6.92 Å². The number of hydrogen-bond donors (Lipinski definition) is 0. The average molecular weight is 467 g/mol. The molecular weight excluding hydrogens is 450 g/mol. The van der Waals surface area contributed by atoms with Gasteiger partial charge in [0.2, 0.25) is 5.79 Å². The van der Waals surface area contributed by atoms with Crippen molar-refractivity contribution >= 4 is 50.7 Å². The van der Waals surface area contributed by atoms with Crippen LogP contribution in [0.25, 0.3) is 0 Å². The molecule has 3 rings (SSSR count). The van der Waals surface area contributed by atoms with Gasteiger partial charge in [-0.25, -0.2) is 0 Å². The molecule has 134 valence electrons.